The van der Waals surface area contributed by atoms with Crippen LogP contribution in [0.15, 0.2) is 54.9 Å². The molecule has 8 nitrogen and oxygen atoms in total. The second-order valence-corrected chi connectivity index (χ2v) is 6.49. The predicted molar refractivity (Wildman–Crippen MR) is 107 cm³/mol. The molecule has 28 heavy (non-hydrogen) atoms. The Hall–Kier alpha value is -3.68. The smallest absolute Gasteiger partial charge is 0.224 e. The third kappa shape index (κ3) is 4.01. The standard InChI is InChI=1S/C20H21N7O/c1-14-8-11-27(26-14)19-7-6-18(24-25-19)21-9-10-22-20(28)12-15-13-23-17-5-3-2-4-16(15)17/h2-8,11,13,23H,9-10,12H2,1H3,(H,21,24)(H,22,28). The third-order valence-corrected chi connectivity index (χ3v) is 4.39. The molecule has 0 saturated heterocycles. The highest BCUT2D eigenvalue weighted by Gasteiger charge is 2.08. The molecule has 0 atom stereocenters. The summed E-state index contributed by atoms with van der Waals surface area (Å²) >= 11 is 0. The van der Waals surface area contributed by atoms with Crippen LogP contribution in [-0.2, 0) is 11.2 Å². The highest BCUT2D eigenvalue weighted by molar-refractivity contribution is 5.88. The number of aromatic nitrogens is 5. The Morgan fingerprint density at radius 3 is 2.79 bits per heavy atom. The minimum Gasteiger partial charge on any atom is -0.367 e. The number of amides is 1. The number of nitrogens with one attached hydrogen (secondary N) is 3. The van der Waals surface area contributed by atoms with Crippen LogP contribution in [-0.4, -0.2) is 44.0 Å². The molecule has 0 saturated carbocycles. The predicted octanol–water partition coefficient (Wildman–Crippen LogP) is 2.22. The van der Waals surface area contributed by atoms with Crippen molar-refractivity contribution in [2.24, 2.45) is 0 Å². The summed E-state index contributed by atoms with van der Waals surface area (Å²) in [5.41, 5.74) is 2.96. The molecule has 0 bridgehead atoms. The number of para-hydroxylation sites is 1. The van der Waals surface area contributed by atoms with Crippen LogP contribution < -0.4 is 10.6 Å². The average Bonchev–Trinajstić information content (AvgIpc) is 3.32. The van der Waals surface area contributed by atoms with Gasteiger partial charge in [-0.15, -0.1) is 10.2 Å². The van der Waals surface area contributed by atoms with E-state index in [1.165, 1.54) is 0 Å². The highest BCUT2D eigenvalue weighted by Crippen LogP contribution is 2.17. The second-order valence-electron chi connectivity index (χ2n) is 6.49. The Morgan fingerprint density at radius 1 is 1.11 bits per heavy atom. The quantitative estimate of drug-likeness (QED) is 0.430. The van der Waals surface area contributed by atoms with Gasteiger partial charge in [0.15, 0.2) is 5.82 Å². The number of carbonyl (C=O) groups is 1. The zero-order valence-electron chi connectivity index (χ0n) is 15.5. The Balaban J connectivity index is 1.23. The molecule has 0 fully saturated rings. The Morgan fingerprint density at radius 2 is 2.00 bits per heavy atom. The van der Waals surface area contributed by atoms with Crippen LogP contribution in [0.5, 0.6) is 0 Å². The van der Waals surface area contributed by atoms with E-state index in [0.29, 0.717) is 31.1 Å². The van der Waals surface area contributed by atoms with Crippen LogP contribution in [0.25, 0.3) is 16.7 Å². The molecule has 1 aromatic carbocycles. The van der Waals surface area contributed by atoms with Crippen molar-refractivity contribution in [2.45, 2.75) is 13.3 Å². The molecule has 142 valence electrons. The lowest BCUT2D eigenvalue weighted by atomic mass is 10.1. The molecule has 1 amide bonds. The number of nitrogens with zero attached hydrogens (tertiary/aromatic N) is 4. The van der Waals surface area contributed by atoms with Crippen LogP contribution in [0.1, 0.15) is 11.3 Å². The van der Waals surface area contributed by atoms with Crippen molar-refractivity contribution >= 4 is 22.6 Å². The molecule has 0 unspecified atom stereocenters. The normalized spacial score (nSPS) is 10.9. The van der Waals surface area contributed by atoms with Crippen LogP contribution in [0.4, 0.5) is 5.82 Å². The first-order chi connectivity index (χ1) is 13.7. The number of hydrogen-bond acceptors (Lipinski definition) is 5. The van der Waals surface area contributed by atoms with Gasteiger partial charge in [0.25, 0.3) is 0 Å². The number of fused-ring (bicyclic) bond motifs is 1. The first kappa shape index (κ1) is 17.7. The summed E-state index contributed by atoms with van der Waals surface area (Å²) in [6, 6.07) is 13.6. The van der Waals surface area contributed by atoms with Crippen LogP contribution in [0.3, 0.4) is 0 Å². The van der Waals surface area contributed by atoms with E-state index >= 15 is 0 Å². The van der Waals surface area contributed by atoms with Gasteiger partial charge in [-0.3, -0.25) is 4.79 Å². The third-order valence-electron chi connectivity index (χ3n) is 4.39. The number of hydrogen-bond donors (Lipinski definition) is 3. The Labute approximate surface area is 162 Å². The molecule has 0 aliphatic rings. The van der Waals surface area contributed by atoms with E-state index in [-0.39, 0.29) is 5.91 Å². The summed E-state index contributed by atoms with van der Waals surface area (Å²) in [6.07, 6.45) is 4.08. The van der Waals surface area contributed by atoms with Gasteiger partial charge in [-0.25, -0.2) is 4.68 Å². The summed E-state index contributed by atoms with van der Waals surface area (Å²) in [6.45, 7) is 2.99. The fraction of sp³-hybridized carbons (Fsp3) is 0.200. The van der Waals surface area contributed by atoms with Gasteiger partial charge in [-0.2, -0.15) is 5.10 Å². The van der Waals surface area contributed by atoms with E-state index in [0.717, 1.165) is 22.2 Å². The van der Waals surface area contributed by atoms with Crippen molar-refractivity contribution in [3.63, 3.8) is 0 Å². The van der Waals surface area contributed by atoms with Crippen LogP contribution in [0, 0.1) is 6.92 Å². The zero-order valence-corrected chi connectivity index (χ0v) is 15.5. The summed E-state index contributed by atoms with van der Waals surface area (Å²) < 4.78 is 1.68. The van der Waals surface area contributed by atoms with E-state index in [9.17, 15) is 4.79 Å². The Kier molecular flexibility index (Phi) is 5.01. The lowest BCUT2D eigenvalue weighted by molar-refractivity contribution is -0.120. The number of anilines is 1. The molecule has 0 aliphatic heterocycles. The van der Waals surface area contributed by atoms with E-state index in [4.69, 9.17) is 0 Å². The van der Waals surface area contributed by atoms with Crippen LogP contribution >= 0.6 is 0 Å². The number of carbonyl (C=O) groups excluding carboxylic acids is 1. The van der Waals surface area contributed by atoms with E-state index in [2.05, 4.69) is 30.9 Å². The fourth-order valence-electron chi connectivity index (χ4n) is 2.99. The number of benzene rings is 1. The molecule has 8 heteroatoms. The number of H-pyrrole nitrogens is 1. The summed E-state index contributed by atoms with van der Waals surface area (Å²) in [4.78, 5) is 15.4. The molecular weight excluding hydrogens is 354 g/mol. The average molecular weight is 375 g/mol. The molecule has 0 aliphatic carbocycles. The lowest BCUT2D eigenvalue weighted by Gasteiger charge is -2.07. The minimum absolute atomic E-state index is 0.0120. The van der Waals surface area contributed by atoms with Crippen molar-refractivity contribution in [1.82, 2.24) is 30.3 Å². The van der Waals surface area contributed by atoms with Crippen molar-refractivity contribution in [3.05, 3.63) is 66.1 Å². The molecule has 4 aromatic rings. The van der Waals surface area contributed by atoms with Gasteiger partial charge in [0.1, 0.15) is 5.82 Å². The Bertz CT molecular complexity index is 1080. The number of aryl methyl sites for hydroxylation is 1. The fourth-order valence-corrected chi connectivity index (χ4v) is 2.99. The van der Waals surface area contributed by atoms with Crippen molar-refractivity contribution < 1.29 is 4.79 Å². The van der Waals surface area contributed by atoms with E-state index < -0.39 is 0 Å². The maximum absolute atomic E-state index is 12.2. The SMILES string of the molecule is Cc1ccn(-c2ccc(NCCNC(=O)Cc3c[nH]c4ccccc34)nn2)n1. The number of rotatable bonds is 7. The summed E-state index contributed by atoms with van der Waals surface area (Å²) in [7, 11) is 0. The first-order valence-corrected chi connectivity index (χ1v) is 9.11. The second kappa shape index (κ2) is 7.91. The topological polar surface area (TPSA) is 101 Å². The molecule has 0 radical (unpaired) electrons. The summed E-state index contributed by atoms with van der Waals surface area (Å²) in [5.74, 6) is 1.30. The van der Waals surface area contributed by atoms with E-state index in [1.807, 2.05) is 61.8 Å². The molecule has 3 heterocycles. The molecular formula is C20H21N7O. The van der Waals surface area contributed by atoms with Gasteiger partial charge >= 0.3 is 0 Å². The maximum Gasteiger partial charge on any atom is 0.224 e. The van der Waals surface area contributed by atoms with Gasteiger partial charge in [0, 0.05) is 36.4 Å². The molecule has 0 spiro atoms. The van der Waals surface area contributed by atoms with Crippen molar-refractivity contribution in [1.29, 1.82) is 0 Å². The molecule has 3 N–H and O–H groups in total. The highest BCUT2D eigenvalue weighted by atomic mass is 16.1. The van der Waals surface area contributed by atoms with Gasteiger partial charge < -0.3 is 15.6 Å². The van der Waals surface area contributed by atoms with Crippen molar-refractivity contribution in [2.75, 3.05) is 18.4 Å². The zero-order chi connectivity index (χ0) is 19.3. The summed E-state index contributed by atoms with van der Waals surface area (Å²) in [5, 5.41) is 19.7. The molecule has 4 rings (SSSR count). The minimum atomic E-state index is -0.0120. The maximum atomic E-state index is 12.2. The van der Waals surface area contributed by atoms with Crippen molar-refractivity contribution in [3.8, 4) is 5.82 Å². The van der Waals surface area contributed by atoms with Gasteiger partial charge in [0.2, 0.25) is 5.91 Å². The number of aromatic amines is 1. The molecule has 3 aromatic heterocycles. The monoisotopic (exact) mass is 375 g/mol. The van der Waals surface area contributed by atoms with Crippen LogP contribution in [0.2, 0.25) is 0 Å². The van der Waals surface area contributed by atoms with Gasteiger partial charge in [-0.05, 0) is 36.8 Å². The first-order valence-electron chi connectivity index (χ1n) is 9.11. The lowest BCUT2D eigenvalue weighted by Crippen LogP contribution is -2.30. The largest absolute Gasteiger partial charge is 0.367 e. The van der Waals surface area contributed by atoms with E-state index in [1.54, 1.807) is 4.68 Å². The van der Waals surface area contributed by atoms with Gasteiger partial charge in [0.05, 0.1) is 12.1 Å². The van der Waals surface area contributed by atoms with Gasteiger partial charge in [-0.1, -0.05) is 18.2 Å².